The molecule has 0 aromatic carbocycles. The number of nitrogens with zero attached hydrogens (tertiary/aromatic N) is 3. The highest BCUT2D eigenvalue weighted by atomic mass is 16.5. The van der Waals surface area contributed by atoms with Crippen molar-refractivity contribution in [3.8, 4) is 0 Å². The van der Waals surface area contributed by atoms with Gasteiger partial charge in [-0.3, -0.25) is 0 Å². The smallest absolute Gasteiger partial charge is 0.336 e. The molecule has 1 rings (SSSR count). The minimum atomic E-state index is -0.774. The monoisotopic (exact) mass is 341 g/mol. The van der Waals surface area contributed by atoms with Crippen LogP contribution in [-0.2, 0) is 29.1 Å². The lowest BCUT2D eigenvalue weighted by molar-refractivity contribution is 0.141. The SMILES string of the molecule is C=CCOCCn1c(=O)n(CCO)c(=O)n(CCOCC=C)c1=O. The molecule has 0 fully saturated rings. The van der Waals surface area contributed by atoms with Crippen molar-refractivity contribution in [1.82, 2.24) is 13.7 Å². The van der Waals surface area contributed by atoms with Crippen LogP contribution in [0.4, 0.5) is 0 Å². The molecule has 0 saturated carbocycles. The molecular formula is C15H23N3O6. The lowest BCUT2D eigenvalue weighted by Gasteiger charge is -2.13. The maximum absolute atomic E-state index is 12.4. The normalized spacial score (nSPS) is 10.7. The van der Waals surface area contributed by atoms with Gasteiger partial charge in [0, 0.05) is 0 Å². The first-order valence-corrected chi connectivity index (χ1v) is 7.51. The molecule has 0 bridgehead atoms. The highest BCUT2D eigenvalue weighted by molar-refractivity contribution is 4.79. The van der Waals surface area contributed by atoms with Gasteiger partial charge < -0.3 is 14.6 Å². The number of rotatable bonds is 12. The van der Waals surface area contributed by atoms with Gasteiger partial charge in [0.25, 0.3) is 0 Å². The zero-order chi connectivity index (χ0) is 17.9. The Labute approximate surface area is 138 Å². The number of aliphatic hydroxyl groups excluding tert-OH is 1. The predicted molar refractivity (Wildman–Crippen MR) is 88.3 cm³/mol. The van der Waals surface area contributed by atoms with E-state index < -0.39 is 23.7 Å². The number of aromatic nitrogens is 3. The number of hydrogen-bond acceptors (Lipinski definition) is 6. The Morgan fingerprint density at radius 1 is 0.792 bits per heavy atom. The molecule has 1 N–H and O–H groups in total. The summed E-state index contributed by atoms with van der Waals surface area (Å²) in [7, 11) is 0. The molecule has 24 heavy (non-hydrogen) atoms. The van der Waals surface area contributed by atoms with Crippen LogP contribution in [-0.4, -0.2) is 51.8 Å². The summed E-state index contributed by atoms with van der Waals surface area (Å²) in [6, 6.07) is 0. The largest absolute Gasteiger partial charge is 0.395 e. The Bertz CT molecular complexity index is 661. The molecule has 9 nitrogen and oxygen atoms in total. The van der Waals surface area contributed by atoms with Crippen molar-refractivity contribution < 1.29 is 14.6 Å². The van der Waals surface area contributed by atoms with Gasteiger partial charge in [0.15, 0.2) is 0 Å². The van der Waals surface area contributed by atoms with E-state index in [9.17, 15) is 14.4 Å². The van der Waals surface area contributed by atoms with Gasteiger partial charge >= 0.3 is 17.1 Å². The van der Waals surface area contributed by atoms with Crippen LogP contribution in [0.25, 0.3) is 0 Å². The van der Waals surface area contributed by atoms with E-state index in [1.807, 2.05) is 0 Å². The average molecular weight is 341 g/mol. The number of hydrogen-bond donors (Lipinski definition) is 1. The van der Waals surface area contributed by atoms with E-state index in [0.29, 0.717) is 0 Å². The van der Waals surface area contributed by atoms with Crippen molar-refractivity contribution in [2.24, 2.45) is 0 Å². The molecule has 0 aliphatic rings. The van der Waals surface area contributed by atoms with Crippen LogP contribution in [0.3, 0.4) is 0 Å². The van der Waals surface area contributed by atoms with Crippen LogP contribution in [0, 0.1) is 0 Å². The molecule has 1 heterocycles. The predicted octanol–water partition coefficient (Wildman–Crippen LogP) is -1.43. The Kier molecular flexibility index (Phi) is 8.69. The van der Waals surface area contributed by atoms with Gasteiger partial charge in [-0.2, -0.15) is 0 Å². The van der Waals surface area contributed by atoms with Crippen molar-refractivity contribution in [3.05, 3.63) is 56.8 Å². The van der Waals surface area contributed by atoms with Crippen LogP contribution < -0.4 is 17.1 Å². The Morgan fingerprint density at radius 2 is 1.17 bits per heavy atom. The van der Waals surface area contributed by atoms with E-state index in [4.69, 9.17) is 14.6 Å². The van der Waals surface area contributed by atoms with Crippen LogP contribution in [0.15, 0.2) is 39.7 Å². The quantitative estimate of drug-likeness (QED) is 0.369. The Morgan fingerprint density at radius 3 is 1.50 bits per heavy atom. The lowest BCUT2D eigenvalue weighted by Crippen LogP contribution is -2.55. The second-order valence-corrected chi connectivity index (χ2v) is 4.75. The van der Waals surface area contributed by atoms with Crippen molar-refractivity contribution in [3.63, 3.8) is 0 Å². The first kappa shape index (κ1) is 19.8. The Hall–Kier alpha value is -2.23. The molecule has 0 atom stereocenters. The second-order valence-electron chi connectivity index (χ2n) is 4.75. The summed E-state index contributed by atoms with van der Waals surface area (Å²) in [6.45, 7) is 7.20. The molecule has 0 spiro atoms. The van der Waals surface area contributed by atoms with E-state index in [0.717, 1.165) is 13.7 Å². The number of aliphatic hydroxyl groups is 1. The van der Waals surface area contributed by atoms with E-state index in [1.54, 1.807) is 12.2 Å². The minimum absolute atomic E-state index is 0.00920. The van der Waals surface area contributed by atoms with Crippen molar-refractivity contribution in [2.45, 2.75) is 19.6 Å². The fourth-order valence-electron chi connectivity index (χ4n) is 2.00. The molecule has 9 heteroatoms. The van der Waals surface area contributed by atoms with Gasteiger partial charge in [0.2, 0.25) is 0 Å². The standard InChI is InChI=1S/C15H23N3O6/c1-3-9-23-11-6-17-13(20)16(5-8-19)14(21)18(15(17)22)7-12-24-10-4-2/h3-4,19H,1-2,5-12H2. The van der Waals surface area contributed by atoms with Crippen LogP contribution in [0.5, 0.6) is 0 Å². The molecular weight excluding hydrogens is 318 g/mol. The summed E-state index contributed by atoms with van der Waals surface area (Å²) in [5, 5.41) is 9.04. The van der Waals surface area contributed by atoms with Gasteiger partial charge in [-0.1, -0.05) is 12.2 Å². The van der Waals surface area contributed by atoms with Crippen molar-refractivity contribution in [1.29, 1.82) is 0 Å². The van der Waals surface area contributed by atoms with Crippen molar-refractivity contribution in [2.75, 3.05) is 33.0 Å². The molecule has 0 amide bonds. The fourth-order valence-corrected chi connectivity index (χ4v) is 2.00. The third kappa shape index (κ3) is 5.15. The van der Waals surface area contributed by atoms with Crippen LogP contribution in [0.2, 0.25) is 0 Å². The molecule has 1 aromatic heterocycles. The fraction of sp³-hybridized carbons (Fsp3) is 0.533. The maximum Gasteiger partial charge on any atom is 0.336 e. The zero-order valence-electron chi connectivity index (χ0n) is 13.6. The maximum atomic E-state index is 12.4. The van der Waals surface area contributed by atoms with Gasteiger partial charge in [0.05, 0.1) is 52.7 Å². The molecule has 0 radical (unpaired) electrons. The molecule has 1 aromatic rings. The summed E-state index contributed by atoms with van der Waals surface area (Å²) in [5.74, 6) is 0. The van der Waals surface area contributed by atoms with E-state index in [1.165, 1.54) is 0 Å². The molecule has 0 aliphatic heterocycles. The zero-order valence-corrected chi connectivity index (χ0v) is 13.6. The number of ether oxygens (including phenoxy) is 2. The summed E-state index contributed by atoms with van der Waals surface area (Å²) in [4.78, 5) is 36.9. The molecule has 134 valence electrons. The first-order chi connectivity index (χ1) is 11.6. The van der Waals surface area contributed by atoms with Gasteiger partial charge in [0.1, 0.15) is 0 Å². The van der Waals surface area contributed by atoms with Gasteiger partial charge in [-0.05, 0) is 0 Å². The molecule has 0 aliphatic carbocycles. The van der Waals surface area contributed by atoms with Crippen LogP contribution in [0.1, 0.15) is 0 Å². The third-order valence-corrected chi connectivity index (χ3v) is 3.10. The minimum Gasteiger partial charge on any atom is -0.395 e. The Balaban J connectivity index is 3.16. The first-order valence-electron chi connectivity index (χ1n) is 7.51. The molecule has 0 saturated heterocycles. The highest BCUT2D eigenvalue weighted by Crippen LogP contribution is 1.83. The van der Waals surface area contributed by atoms with E-state index in [2.05, 4.69) is 13.2 Å². The summed E-state index contributed by atoms with van der Waals surface area (Å²) >= 11 is 0. The average Bonchev–Trinajstić information content (AvgIpc) is 2.57. The summed E-state index contributed by atoms with van der Waals surface area (Å²) in [5.41, 5.74) is -2.28. The summed E-state index contributed by atoms with van der Waals surface area (Å²) < 4.78 is 13.0. The third-order valence-electron chi connectivity index (χ3n) is 3.10. The van der Waals surface area contributed by atoms with E-state index >= 15 is 0 Å². The van der Waals surface area contributed by atoms with Gasteiger partial charge in [-0.15, -0.1) is 13.2 Å². The second kappa shape index (κ2) is 10.5. The highest BCUT2D eigenvalue weighted by Gasteiger charge is 2.14. The topological polar surface area (TPSA) is 105 Å². The van der Waals surface area contributed by atoms with Gasteiger partial charge in [-0.25, -0.2) is 28.1 Å². The van der Waals surface area contributed by atoms with Crippen molar-refractivity contribution >= 4 is 0 Å². The lowest BCUT2D eigenvalue weighted by atomic mass is 10.5. The summed E-state index contributed by atoms with van der Waals surface area (Å²) in [6.07, 6.45) is 3.09. The van der Waals surface area contributed by atoms with Crippen LogP contribution >= 0.6 is 0 Å². The van der Waals surface area contributed by atoms with E-state index in [-0.39, 0.29) is 46.1 Å². The molecule has 0 unspecified atom stereocenters.